The van der Waals surface area contributed by atoms with E-state index in [1.165, 1.54) is 19.9 Å². The molecule has 92 valence electrons. The van der Waals surface area contributed by atoms with Crippen molar-refractivity contribution < 1.29 is 9.90 Å². The number of Topliss-reactive ketones (excluding diaryl/α,β-unsaturated/α-hetero) is 1. The zero-order valence-electron chi connectivity index (χ0n) is 10.8. The van der Waals surface area contributed by atoms with Crippen LogP contribution in [0.4, 0.5) is 0 Å². The smallest absolute Gasteiger partial charge is 0.163 e. The molecule has 3 heteroatoms. The summed E-state index contributed by atoms with van der Waals surface area (Å²) in [6, 6.07) is 0. The van der Waals surface area contributed by atoms with Crippen molar-refractivity contribution in [2.24, 2.45) is 0 Å². The Labute approximate surface area is 102 Å². The number of hydrogen-bond donors (Lipinski definition) is 2. The SMILES string of the molecule is C=CC(=N)C(/C=C\C)=C(C)C(C(C)=O)=C(C)O. The summed E-state index contributed by atoms with van der Waals surface area (Å²) in [6.07, 6.45) is 4.91. The van der Waals surface area contributed by atoms with Crippen molar-refractivity contribution in [2.45, 2.75) is 27.7 Å². The maximum Gasteiger partial charge on any atom is 0.163 e. The summed E-state index contributed by atoms with van der Waals surface area (Å²) in [5, 5.41) is 17.3. The van der Waals surface area contributed by atoms with Crippen molar-refractivity contribution in [3.8, 4) is 0 Å². The second-order valence-electron chi connectivity index (χ2n) is 3.67. The Morgan fingerprint density at radius 3 is 2.12 bits per heavy atom. The Morgan fingerprint density at radius 2 is 1.82 bits per heavy atom. The molecule has 0 fully saturated rings. The molecule has 0 amide bonds. The van der Waals surface area contributed by atoms with Gasteiger partial charge in [-0.05, 0) is 39.3 Å². The Morgan fingerprint density at radius 1 is 1.29 bits per heavy atom. The number of carbonyl (C=O) groups is 1. The van der Waals surface area contributed by atoms with Crippen LogP contribution in [0.3, 0.4) is 0 Å². The predicted octanol–water partition coefficient (Wildman–Crippen LogP) is 3.51. The number of nitrogens with one attached hydrogen (secondary N) is 1. The molecule has 2 N–H and O–H groups in total. The van der Waals surface area contributed by atoms with Crippen molar-refractivity contribution in [1.82, 2.24) is 0 Å². The lowest BCUT2D eigenvalue weighted by Gasteiger charge is -2.10. The predicted molar refractivity (Wildman–Crippen MR) is 71.4 cm³/mol. The fraction of sp³-hybridized carbons (Fsp3) is 0.286. The Bertz CT molecular complexity index is 433. The van der Waals surface area contributed by atoms with E-state index in [-0.39, 0.29) is 22.8 Å². The molecule has 0 heterocycles. The van der Waals surface area contributed by atoms with E-state index in [4.69, 9.17) is 5.41 Å². The van der Waals surface area contributed by atoms with Gasteiger partial charge in [-0.2, -0.15) is 0 Å². The third kappa shape index (κ3) is 3.87. The standard InChI is InChI=1S/C14H19NO2/c1-6-8-12(13(15)7-2)9(3)14(10(4)16)11(5)17/h6-8,15-16H,2H2,1,3-5H3/b8-6-,12-9?,14-10?,15-13?. The van der Waals surface area contributed by atoms with Gasteiger partial charge in [-0.3, -0.25) is 4.79 Å². The van der Waals surface area contributed by atoms with Gasteiger partial charge in [-0.15, -0.1) is 0 Å². The Kier molecular flexibility index (Phi) is 5.89. The molecule has 0 saturated heterocycles. The molecule has 0 radical (unpaired) electrons. The molecule has 0 rings (SSSR count). The summed E-state index contributed by atoms with van der Waals surface area (Å²) in [6.45, 7) is 9.93. The largest absolute Gasteiger partial charge is 0.512 e. The normalized spacial score (nSPS) is 14.1. The number of aliphatic hydroxyl groups is 1. The summed E-state index contributed by atoms with van der Waals surface area (Å²) in [5.74, 6) is -0.254. The van der Waals surface area contributed by atoms with Crippen molar-refractivity contribution >= 4 is 11.5 Å². The molecule has 0 unspecified atom stereocenters. The fourth-order valence-corrected chi connectivity index (χ4v) is 1.62. The van der Waals surface area contributed by atoms with Gasteiger partial charge in [0, 0.05) is 5.57 Å². The van der Waals surface area contributed by atoms with Crippen LogP contribution in [-0.4, -0.2) is 16.6 Å². The molecule has 0 spiro atoms. The number of carbonyl (C=O) groups excluding carboxylic acids is 1. The van der Waals surface area contributed by atoms with Crippen LogP contribution in [0.15, 0.2) is 47.3 Å². The molecule has 0 bridgehead atoms. The van der Waals surface area contributed by atoms with Crippen LogP contribution in [0, 0.1) is 5.41 Å². The van der Waals surface area contributed by atoms with E-state index in [0.717, 1.165) is 0 Å². The molecule has 0 atom stereocenters. The number of ketones is 1. The molecule has 0 saturated carbocycles. The van der Waals surface area contributed by atoms with Gasteiger partial charge in [0.1, 0.15) is 5.76 Å². The summed E-state index contributed by atoms with van der Waals surface area (Å²) in [5.41, 5.74) is 1.65. The number of aliphatic hydroxyl groups excluding tert-OH is 1. The molecule has 3 nitrogen and oxygen atoms in total. The quantitative estimate of drug-likeness (QED) is 0.330. The van der Waals surface area contributed by atoms with Crippen LogP contribution in [-0.2, 0) is 4.79 Å². The summed E-state index contributed by atoms with van der Waals surface area (Å²) >= 11 is 0. The Balaban J connectivity index is 5.96. The zero-order valence-corrected chi connectivity index (χ0v) is 10.8. The first kappa shape index (κ1) is 15.1. The van der Waals surface area contributed by atoms with Crippen molar-refractivity contribution in [2.75, 3.05) is 0 Å². The maximum absolute atomic E-state index is 11.5. The van der Waals surface area contributed by atoms with Gasteiger partial charge in [0.2, 0.25) is 0 Å². The first-order valence-corrected chi connectivity index (χ1v) is 5.32. The highest BCUT2D eigenvalue weighted by Crippen LogP contribution is 2.20. The van der Waals surface area contributed by atoms with E-state index >= 15 is 0 Å². The minimum atomic E-state index is -0.221. The van der Waals surface area contributed by atoms with Gasteiger partial charge in [0.05, 0.1) is 11.3 Å². The summed E-state index contributed by atoms with van der Waals surface area (Å²) in [4.78, 5) is 11.5. The van der Waals surface area contributed by atoms with Gasteiger partial charge < -0.3 is 10.5 Å². The monoisotopic (exact) mass is 233 g/mol. The van der Waals surface area contributed by atoms with Crippen LogP contribution in [0.5, 0.6) is 0 Å². The van der Waals surface area contributed by atoms with Crippen LogP contribution in [0.1, 0.15) is 27.7 Å². The first-order valence-electron chi connectivity index (χ1n) is 5.32. The van der Waals surface area contributed by atoms with Crippen molar-refractivity contribution in [3.05, 3.63) is 47.3 Å². The Hall–Kier alpha value is -1.90. The van der Waals surface area contributed by atoms with E-state index in [2.05, 4.69) is 6.58 Å². The number of hydrogen-bond acceptors (Lipinski definition) is 3. The summed E-state index contributed by atoms with van der Waals surface area (Å²) < 4.78 is 0. The molecule has 0 aliphatic carbocycles. The van der Waals surface area contributed by atoms with E-state index < -0.39 is 0 Å². The zero-order chi connectivity index (χ0) is 13.6. The molecule has 0 aliphatic heterocycles. The molecule has 0 aliphatic rings. The first-order chi connectivity index (χ1) is 7.86. The van der Waals surface area contributed by atoms with Crippen LogP contribution < -0.4 is 0 Å². The average Bonchev–Trinajstić information content (AvgIpc) is 2.23. The van der Waals surface area contributed by atoms with Gasteiger partial charge in [-0.1, -0.05) is 18.7 Å². The lowest BCUT2D eigenvalue weighted by Crippen LogP contribution is -2.07. The number of allylic oxidation sites excluding steroid dienone is 7. The van der Waals surface area contributed by atoms with Gasteiger partial charge in [0.15, 0.2) is 5.78 Å². The minimum Gasteiger partial charge on any atom is -0.512 e. The maximum atomic E-state index is 11.5. The molecule has 0 aromatic heterocycles. The fourth-order valence-electron chi connectivity index (χ4n) is 1.62. The third-order valence-electron chi connectivity index (χ3n) is 2.32. The highest BCUT2D eigenvalue weighted by molar-refractivity contribution is 6.11. The second-order valence-corrected chi connectivity index (χ2v) is 3.67. The van der Waals surface area contributed by atoms with E-state index in [0.29, 0.717) is 11.1 Å². The van der Waals surface area contributed by atoms with E-state index in [1.54, 1.807) is 19.1 Å². The van der Waals surface area contributed by atoms with Crippen LogP contribution in [0.25, 0.3) is 0 Å². The minimum absolute atomic E-state index is 0.0335. The van der Waals surface area contributed by atoms with E-state index in [9.17, 15) is 9.90 Å². The van der Waals surface area contributed by atoms with Gasteiger partial charge in [0.25, 0.3) is 0 Å². The highest BCUT2D eigenvalue weighted by atomic mass is 16.3. The molecular formula is C14H19NO2. The topological polar surface area (TPSA) is 61.2 Å². The molecular weight excluding hydrogens is 214 g/mol. The average molecular weight is 233 g/mol. The molecule has 17 heavy (non-hydrogen) atoms. The van der Waals surface area contributed by atoms with Gasteiger partial charge >= 0.3 is 0 Å². The van der Waals surface area contributed by atoms with Gasteiger partial charge in [-0.25, -0.2) is 0 Å². The number of rotatable bonds is 5. The highest BCUT2D eigenvalue weighted by Gasteiger charge is 2.14. The van der Waals surface area contributed by atoms with Crippen LogP contribution >= 0.6 is 0 Å². The van der Waals surface area contributed by atoms with Crippen LogP contribution in [0.2, 0.25) is 0 Å². The second kappa shape index (κ2) is 6.63. The van der Waals surface area contributed by atoms with E-state index in [1.807, 2.05) is 6.92 Å². The van der Waals surface area contributed by atoms with Crippen molar-refractivity contribution in [3.63, 3.8) is 0 Å². The molecule has 0 aromatic carbocycles. The molecule has 0 aromatic rings. The lowest BCUT2D eigenvalue weighted by atomic mass is 9.94. The third-order valence-corrected chi connectivity index (χ3v) is 2.32. The van der Waals surface area contributed by atoms with Crippen molar-refractivity contribution in [1.29, 1.82) is 5.41 Å². The summed E-state index contributed by atoms with van der Waals surface area (Å²) in [7, 11) is 0. The lowest BCUT2D eigenvalue weighted by molar-refractivity contribution is -0.113.